The van der Waals surface area contributed by atoms with Crippen molar-refractivity contribution in [1.82, 2.24) is 4.98 Å². The summed E-state index contributed by atoms with van der Waals surface area (Å²) in [5.41, 5.74) is 2.62. The van der Waals surface area contributed by atoms with Crippen LogP contribution in [0.25, 0.3) is 17.0 Å². The molecule has 0 fully saturated rings. The van der Waals surface area contributed by atoms with Crippen LogP contribution in [0.5, 0.6) is 0 Å². The van der Waals surface area contributed by atoms with Crippen LogP contribution in [0.3, 0.4) is 0 Å². The van der Waals surface area contributed by atoms with Gasteiger partial charge in [0.2, 0.25) is 5.90 Å². The number of pyridine rings is 1. The lowest BCUT2D eigenvalue weighted by atomic mass is 10.1. The molecular formula is C25H15ClN2O2S. The molecule has 150 valence electrons. The van der Waals surface area contributed by atoms with Crippen LogP contribution in [0.15, 0.2) is 106 Å². The molecule has 0 saturated heterocycles. The van der Waals surface area contributed by atoms with Crippen LogP contribution in [-0.4, -0.2) is 16.9 Å². The van der Waals surface area contributed by atoms with Crippen molar-refractivity contribution in [2.75, 3.05) is 0 Å². The molecule has 0 bridgehead atoms. The van der Waals surface area contributed by atoms with Gasteiger partial charge in [-0.25, -0.2) is 14.8 Å². The van der Waals surface area contributed by atoms with Gasteiger partial charge in [-0.15, -0.1) is 0 Å². The molecule has 31 heavy (non-hydrogen) atoms. The van der Waals surface area contributed by atoms with Gasteiger partial charge in [0.05, 0.1) is 5.52 Å². The highest BCUT2D eigenvalue weighted by molar-refractivity contribution is 7.99. The smallest absolute Gasteiger partial charge is 0.363 e. The van der Waals surface area contributed by atoms with Crippen LogP contribution in [0.2, 0.25) is 5.02 Å². The third kappa shape index (κ3) is 4.24. The van der Waals surface area contributed by atoms with E-state index in [-0.39, 0.29) is 11.6 Å². The van der Waals surface area contributed by atoms with Gasteiger partial charge in [0.1, 0.15) is 5.03 Å². The van der Waals surface area contributed by atoms with E-state index in [9.17, 15) is 4.79 Å². The van der Waals surface area contributed by atoms with Crippen LogP contribution < -0.4 is 0 Å². The monoisotopic (exact) mass is 442 g/mol. The fourth-order valence-corrected chi connectivity index (χ4v) is 4.19. The standard InChI is InChI=1S/C25H15ClN2O2S/c26-19-12-10-16(11-13-19)23-27-22(25(29)30-23)15-18-14-17-6-4-5-9-21(17)28-24(18)31-20-7-2-1-3-8-20/h1-15H/b22-15+. The molecule has 0 aliphatic carbocycles. The summed E-state index contributed by atoms with van der Waals surface area (Å²) in [6.07, 6.45) is 1.73. The summed E-state index contributed by atoms with van der Waals surface area (Å²) in [7, 11) is 0. The molecular weight excluding hydrogens is 428 g/mol. The van der Waals surface area contributed by atoms with E-state index in [1.54, 1.807) is 42.1 Å². The van der Waals surface area contributed by atoms with E-state index in [1.165, 1.54) is 0 Å². The van der Waals surface area contributed by atoms with Crippen molar-refractivity contribution >= 4 is 52.2 Å². The Morgan fingerprint density at radius 3 is 2.45 bits per heavy atom. The van der Waals surface area contributed by atoms with Gasteiger partial charge in [-0.3, -0.25) is 0 Å². The second-order valence-electron chi connectivity index (χ2n) is 6.83. The number of ether oxygens (including phenoxy) is 1. The number of rotatable bonds is 4. The number of cyclic esters (lactones) is 1. The Kier molecular flexibility index (Phi) is 5.28. The molecule has 1 aromatic heterocycles. The van der Waals surface area contributed by atoms with Gasteiger partial charge < -0.3 is 4.74 Å². The number of esters is 1. The Hall–Kier alpha value is -3.41. The molecule has 0 saturated carbocycles. The number of benzene rings is 3. The average Bonchev–Trinajstić information content (AvgIpc) is 3.15. The Bertz CT molecular complexity index is 1350. The van der Waals surface area contributed by atoms with E-state index in [4.69, 9.17) is 21.3 Å². The van der Waals surface area contributed by atoms with Crippen LogP contribution in [0, 0.1) is 0 Å². The lowest BCUT2D eigenvalue weighted by Crippen LogP contribution is -2.05. The maximum atomic E-state index is 12.5. The second kappa shape index (κ2) is 8.38. The van der Waals surface area contributed by atoms with Crippen LogP contribution in [0.1, 0.15) is 11.1 Å². The summed E-state index contributed by atoms with van der Waals surface area (Å²) in [5.74, 6) is -0.229. The predicted molar refractivity (Wildman–Crippen MR) is 124 cm³/mol. The first-order chi connectivity index (χ1) is 15.2. The fraction of sp³-hybridized carbons (Fsp3) is 0. The molecule has 4 aromatic rings. The van der Waals surface area contributed by atoms with Gasteiger partial charge in [-0.05, 0) is 54.6 Å². The Labute approximate surface area is 188 Å². The van der Waals surface area contributed by atoms with Gasteiger partial charge in [0.15, 0.2) is 5.70 Å². The Morgan fingerprint density at radius 2 is 1.65 bits per heavy atom. The van der Waals surface area contributed by atoms with Crippen molar-refractivity contribution in [3.8, 4) is 0 Å². The third-order valence-corrected chi connectivity index (χ3v) is 5.96. The molecule has 4 nitrogen and oxygen atoms in total. The number of aromatic nitrogens is 1. The highest BCUT2D eigenvalue weighted by Gasteiger charge is 2.24. The molecule has 6 heteroatoms. The number of hydrogen-bond donors (Lipinski definition) is 0. The number of fused-ring (bicyclic) bond motifs is 1. The minimum absolute atomic E-state index is 0.233. The first kappa shape index (κ1) is 19.5. The molecule has 5 rings (SSSR count). The van der Waals surface area contributed by atoms with Crippen molar-refractivity contribution in [3.63, 3.8) is 0 Å². The highest BCUT2D eigenvalue weighted by Crippen LogP contribution is 2.33. The zero-order valence-corrected chi connectivity index (χ0v) is 17.7. The number of halogens is 1. The first-order valence-corrected chi connectivity index (χ1v) is 10.8. The highest BCUT2D eigenvalue weighted by atomic mass is 35.5. The van der Waals surface area contributed by atoms with Crippen LogP contribution in [-0.2, 0) is 9.53 Å². The van der Waals surface area contributed by atoms with Gasteiger partial charge in [0.25, 0.3) is 0 Å². The summed E-state index contributed by atoms with van der Waals surface area (Å²) in [5, 5.41) is 2.38. The number of carbonyl (C=O) groups is 1. The number of para-hydroxylation sites is 1. The molecule has 3 aromatic carbocycles. The SMILES string of the molecule is O=C1OC(c2ccc(Cl)cc2)=N/C1=C/c1cc2ccccc2nc1Sc1ccccc1. The van der Waals surface area contributed by atoms with Crippen molar-refractivity contribution in [2.45, 2.75) is 9.92 Å². The van der Waals surface area contributed by atoms with Gasteiger partial charge >= 0.3 is 5.97 Å². The minimum Gasteiger partial charge on any atom is -0.402 e. The zero-order chi connectivity index (χ0) is 21.2. The first-order valence-electron chi connectivity index (χ1n) is 9.57. The summed E-state index contributed by atoms with van der Waals surface area (Å²) in [6, 6.07) is 26.9. The molecule has 0 N–H and O–H groups in total. The van der Waals surface area contributed by atoms with Gasteiger partial charge in [-0.1, -0.05) is 59.8 Å². The van der Waals surface area contributed by atoms with E-state index in [2.05, 4.69) is 4.99 Å². The maximum absolute atomic E-state index is 12.5. The van der Waals surface area contributed by atoms with Gasteiger partial charge in [-0.2, -0.15) is 0 Å². The second-order valence-corrected chi connectivity index (χ2v) is 8.33. The number of carbonyl (C=O) groups excluding carboxylic acids is 1. The summed E-state index contributed by atoms with van der Waals surface area (Å²) in [4.78, 5) is 22.8. The van der Waals surface area contributed by atoms with Crippen LogP contribution >= 0.6 is 23.4 Å². The molecule has 0 amide bonds. The average molecular weight is 443 g/mol. The largest absolute Gasteiger partial charge is 0.402 e. The quantitative estimate of drug-likeness (QED) is 0.271. The summed E-state index contributed by atoms with van der Waals surface area (Å²) in [6.45, 7) is 0. The number of hydrogen-bond acceptors (Lipinski definition) is 5. The zero-order valence-electron chi connectivity index (χ0n) is 16.2. The normalized spacial score (nSPS) is 14.7. The maximum Gasteiger partial charge on any atom is 0.363 e. The molecule has 0 spiro atoms. The van der Waals surface area contributed by atoms with Crippen molar-refractivity contribution < 1.29 is 9.53 Å². The summed E-state index contributed by atoms with van der Waals surface area (Å²) >= 11 is 7.49. The van der Waals surface area contributed by atoms with Crippen LogP contribution in [0.4, 0.5) is 0 Å². The molecule has 1 aliphatic heterocycles. The molecule has 0 radical (unpaired) electrons. The van der Waals surface area contributed by atoms with Crippen molar-refractivity contribution in [3.05, 3.63) is 107 Å². The number of aliphatic imine (C=N–C) groups is 1. The minimum atomic E-state index is -0.492. The Morgan fingerprint density at radius 1 is 0.903 bits per heavy atom. The topological polar surface area (TPSA) is 51.5 Å². The third-order valence-electron chi connectivity index (χ3n) is 4.68. The lowest BCUT2D eigenvalue weighted by molar-refractivity contribution is -0.129. The Balaban J connectivity index is 1.58. The molecule has 0 atom stereocenters. The number of nitrogens with zero attached hydrogens (tertiary/aromatic N) is 2. The fourth-order valence-electron chi connectivity index (χ4n) is 3.17. The van der Waals surface area contributed by atoms with Crippen molar-refractivity contribution in [2.24, 2.45) is 4.99 Å². The molecule has 1 aliphatic rings. The van der Waals surface area contributed by atoms with E-state index in [0.717, 1.165) is 26.4 Å². The van der Waals surface area contributed by atoms with Crippen molar-refractivity contribution in [1.29, 1.82) is 0 Å². The molecule has 0 unspecified atom stereocenters. The van der Waals surface area contributed by atoms with E-state index in [0.29, 0.717) is 10.6 Å². The summed E-state index contributed by atoms with van der Waals surface area (Å²) < 4.78 is 5.39. The lowest BCUT2D eigenvalue weighted by Gasteiger charge is -2.08. The molecule has 2 heterocycles. The van der Waals surface area contributed by atoms with E-state index < -0.39 is 5.97 Å². The van der Waals surface area contributed by atoms with E-state index in [1.807, 2.05) is 60.7 Å². The van der Waals surface area contributed by atoms with Gasteiger partial charge in [0, 0.05) is 26.4 Å². The predicted octanol–water partition coefficient (Wildman–Crippen LogP) is 6.38. The van der Waals surface area contributed by atoms with E-state index >= 15 is 0 Å².